The van der Waals surface area contributed by atoms with Gasteiger partial charge in [0.15, 0.2) is 5.13 Å². The van der Waals surface area contributed by atoms with E-state index in [1.54, 1.807) is 24.3 Å². The molecule has 1 aliphatic heterocycles. The Morgan fingerprint density at radius 1 is 1.12 bits per heavy atom. The van der Waals surface area contributed by atoms with E-state index in [0.29, 0.717) is 10.7 Å². The molecule has 0 aliphatic carbocycles. The van der Waals surface area contributed by atoms with Crippen LogP contribution in [0.15, 0.2) is 35.7 Å². The maximum absolute atomic E-state index is 12.0. The number of benzene rings is 1. The molecule has 1 fully saturated rings. The summed E-state index contributed by atoms with van der Waals surface area (Å²) >= 11 is 1.41. The molecule has 0 bridgehead atoms. The number of carbonyl (C=O) groups excluding carboxylic acids is 2. The van der Waals surface area contributed by atoms with Gasteiger partial charge in [0.2, 0.25) is 5.91 Å². The molecule has 25 heavy (non-hydrogen) atoms. The number of likely N-dealkylation sites (tertiary alicyclic amines) is 1. The topological polar surface area (TPSA) is 74.3 Å². The van der Waals surface area contributed by atoms with Crippen LogP contribution in [-0.4, -0.2) is 41.3 Å². The van der Waals surface area contributed by atoms with E-state index in [-0.39, 0.29) is 18.4 Å². The second-order valence-corrected chi connectivity index (χ2v) is 6.94. The zero-order chi connectivity index (χ0) is 17.5. The summed E-state index contributed by atoms with van der Waals surface area (Å²) in [6, 6.07) is 8.83. The molecule has 3 rings (SSSR count). The van der Waals surface area contributed by atoms with Gasteiger partial charge in [0, 0.05) is 17.5 Å². The van der Waals surface area contributed by atoms with Crippen LogP contribution >= 0.6 is 11.3 Å². The van der Waals surface area contributed by atoms with Crippen molar-refractivity contribution in [1.82, 2.24) is 15.2 Å². The molecule has 7 heteroatoms. The first-order chi connectivity index (χ1) is 12.2. The average Bonchev–Trinajstić information content (AvgIpc) is 3.08. The van der Waals surface area contributed by atoms with Crippen molar-refractivity contribution in [3.63, 3.8) is 0 Å². The third kappa shape index (κ3) is 5.37. The van der Waals surface area contributed by atoms with E-state index in [9.17, 15) is 9.59 Å². The van der Waals surface area contributed by atoms with E-state index in [0.717, 1.165) is 25.3 Å². The summed E-state index contributed by atoms with van der Waals surface area (Å²) in [6.07, 6.45) is 3.80. The number of carbonyl (C=O) groups is 2. The SMILES string of the molecule is O=C(CNC(=O)c1ccccc1)Nc1nc(CN2CCCCC2)cs1. The van der Waals surface area contributed by atoms with Gasteiger partial charge < -0.3 is 10.6 Å². The molecule has 6 nitrogen and oxygen atoms in total. The summed E-state index contributed by atoms with van der Waals surface area (Å²) in [6.45, 7) is 2.99. The lowest BCUT2D eigenvalue weighted by molar-refractivity contribution is -0.115. The molecular formula is C18H22N4O2S. The average molecular weight is 358 g/mol. The highest BCUT2D eigenvalue weighted by atomic mass is 32.1. The maximum Gasteiger partial charge on any atom is 0.251 e. The van der Waals surface area contributed by atoms with Crippen molar-refractivity contribution in [3.05, 3.63) is 47.0 Å². The van der Waals surface area contributed by atoms with Crippen LogP contribution in [0.1, 0.15) is 35.3 Å². The highest BCUT2D eigenvalue weighted by molar-refractivity contribution is 7.13. The third-order valence-corrected chi connectivity index (χ3v) is 4.88. The molecule has 0 spiro atoms. The number of thiazole rings is 1. The molecule has 2 heterocycles. The van der Waals surface area contributed by atoms with Gasteiger partial charge in [0.05, 0.1) is 12.2 Å². The van der Waals surface area contributed by atoms with Crippen molar-refractivity contribution in [2.75, 3.05) is 25.0 Å². The number of rotatable bonds is 6. The molecule has 1 aromatic carbocycles. The number of aromatic nitrogens is 1. The Morgan fingerprint density at radius 2 is 1.88 bits per heavy atom. The van der Waals surface area contributed by atoms with Gasteiger partial charge in [-0.05, 0) is 38.1 Å². The van der Waals surface area contributed by atoms with Crippen molar-refractivity contribution >= 4 is 28.3 Å². The monoisotopic (exact) mass is 358 g/mol. The Kier molecular flexibility index (Phi) is 6.14. The zero-order valence-corrected chi connectivity index (χ0v) is 14.8. The van der Waals surface area contributed by atoms with Crippen LogP contribution in [0.4, 0.5) is 5.13 Å². The van der Waals surface area contributed by atoms with Gasteiger partial charge in [-0.1, -0.05) is 24.6 Å². The molecule has 0 radical (unpaired) electrons. The summed E-state index contributed by atoms with van der Waals surface area (Å²) in [5.74, 6) is -0.538. The van der Waals surface area contributed by atoms with Gasteiger partial charge in [-0.15, -0.1) is 11.3 Å². The molecular weight excluding hydrogens is 336 g/mol. The van der Waals surface area contributed by atoms with Crippen LogP contribution in [0.25, 0.3) is 0 Å². The van der Waals surface area contributed by atoms with Crippen molar-refractivity contribution in [2.24, 2.45) is 0 Å². The molecule has 1 aliphatic rings. The molecule has 1 aromatic heterocycles. The van der Waals surface area contributed by atoms with Crippen LogP contribution in [0.5, 0.6) is 0 Å². The van der Waals surface area contributed by atoms with Crippen molar-refractivity contribution in [1.29, 1.82) is 0 Å². The fourth-order valence-electron chi connectivity index (χ4n) is 2.80. The quantitative estimate of drug-likeness (QED) is 0.832. The van der Waals surface area contributed by atoms with E-state index in [1.165, 1.54) is 30.6 Å². The molecule has 2 amide bonds. The minimum absolute atomic E-state index is 0.0746. The van der Waals surface area contributed by atoms with Crippen molar-refractivity contribution in [2.45, 2.75) is 25.8 Å². The van der Waals surface area contributed by atoms with Gasteiger partial charge in [-0.2, -0.15) is 0 Å². The van der Waals surface area contributed by atoms with Gasteiger partial charge in [0.1, 0.15) is 0 Å². The first-order valence-electron chi connectivity index (χ1n) is 8.50. The summed E-state index contributed by atoms with van der Waals surface area (Å²) in [5.41, 5.74) is 1.52. The standard InChI is InChI=1S/C18H22N4O2S/c23-16(11-19-17(24)14-7-3-1-4-8-14)21-18-20-15(13-25-18)12-22-9-5-2-6-10-22/h1,3-4,7-8,13H,2,5-6,9-12H2,(H,19,24)(H,20,21,23). The first kappa shape index (κ1) is 17.6. The third-order valence-electron chi connectivity index (χ3n) is 4.08. The summed E-state index contributed by atoms with van der Waals surface area (Å²) in [7, 11) is 0. The largest absolute Gasteiger partial charge is 0.343 e. The zero-order valence-electron chi connectivity index (χ0n) is 14.0. The molecule has 2 aromatic rings. The summed E-state index contributed by atoms with van der Waals surface area (Å²) in [5, 5.41) is 7.90. The number of nitrogens with zero attached hydrogens (tertiary/aromatic N) is 2. The van der Waals surface area contributed by atoms with E-state index >= 15 is 0 Å². The molecule has 0 atom stereocenters. The van der Waals surface area contributed by atoms with E-state index in [4.69, 9.17) is 0 Å². The normalized spacial score (nSPS) is 14.9. The van der Waals surface area contributed by atoms with Gasteiger partial charge in [0.25, 0.3) is 5.91 Å². The minimum atomic E-state index is -0.275. The second kappa shape index (κ2) is 8.73. The van der Waals surface area contributed by atoms with Gasteiger partial charge in [-0.3, -0.25) is 14.5 Å². The van der Waals surface area contributed by atoms with Crippen LogP contribution in [0.2, 0.25) is 0 Å². The highest BCUT2D eigenvalue weighted by Gasteiger charge is 2.13. The lowest BCUT2D eigenvalue weighted by Gasteiger charge is -2.25. The molecule has 1 saturated heterocycles. The van der Waals surface area contributed by atoms with Crippen molar-refractivity contribution < 1.29 is 9.59 Å². The minimum Gasteiger partial charge on any atom is -0.343 e. The Labute approximate surface area is 151 Å². The lowest BCUT2D eigenvalue weighted by atomic mass is 10.1. The molecule has 2 N–H and O–H groups in total. The molecule has 132 valence electrons. The Hall–Kier alpha value is -2.25. The number of amides is 2. The van der Waals surface area contributed by atoms with Gasteiger partial charge in [-0.25, -0.2) is 4.98 Å². The fraction of sp³-hybridized carbons (Fsp3) is 0.389. The highest BCUT2D eigenvalue weighted by Crippen LogP contribution is 2.18. The first-order valence-corrected chi connectivity index (χ1v) is 9.38. The van der Waals surface area contributed by atoms with E-state index < -0.39 is 0 Å². The Morgan fingerprint density at radius 3 is 2.64 bits per heavy atom. The Bertz CT molecular complexity index is 711. The van der Waals surface area contributed by atoms with Crippen LogP contribution in [0, 0.1) is 0 Å². The van der Waals surface area contributed by atoms with Crippen LogP contribution in [-0.2, 0) is 11.3 Å². The van der Waals surface area contributed by atoms with Crippen LogP contribution in [0.3, 0.4) is 0 Å². The number of anilines is 1. The number of hydrogen-bond donors (Lipinski definition) is 2. The van der Waals surface area contributed by atoms with Crippen LogP contribution < -0.4 is 10.6 Å². The summed E-state index contributed by atoms with van der Waals surface area (Å²) < 4.78 is 0. The fourth-order valence-corrected chi connectivity index (χ4v) is 3.52. The summed E-state index contributed by atoms with van der Waals surface area (Å²) in [4.78, 5) is 30.8. The van der Waals surface area contributed by atoms with Gasteiger partial charge >= 0.3 is 0 Å². The predicted octanol–water partition coefficient (Wildman–Crippen LogP) is 2.50. The predicted molar refractivity (Wildman–Crippen MR) is 98.6 cm³/mol. The van der Waals surface area contributed by atoms with E-state index in [1.807, 2.05) is 11.4 Å². The lowest BCUT2D eigenvalue weighted by Crippen LogP contribution is -2.32. The smallest absolute Gasteiger partial charge is 0.251 e. The Balaban J connectivity index is 1.44. The van der Waals surface area contributed by atoms with Crippen molar-refractivity contribution in [3.8, 4) is 0 Å². The molecule has 0 saturated carbocycles. The number of hydrogen-bond acceptors (Lipinski definition) is 5. The number of piperidine rings is 1. The number of nitrogens with one attached hydrogen (secondary N) is 2. The second-order valence-electron chi connectivity index (χ2n) is 6.08. The maximum atomic E-state index is 12.0. The van der Waals surface area contributed by atoms with E-state index in [2.05, 4.69) is 20.5 Å². The molecule has 0 unspecified atom stereocenters.